The predicted molar refractivity (Wildman–Crippen MR) is 74.5 cm³/mol. The molecular weight excluding hydrogens is 260 g/mol. The summed E-state index contributed by atoms with van der Waals surface area (Å²) in [5.74, 6) is 1.17. The van der Waals surface area contributed by atoms with Crippen molar-refractivity contribution < 1.29 is 14.3 Å². The van der Waals surface area contributed by atoms with Crippen LogP contribution < -0.4 is 10.2 Å². The highest BCUT2D eigenvalue weighted by Crippen LogP contribution is 2.20. The minimum absolute atomic E-state index is 0.000157. The van der Waals surface area contributed by atoms with Crippen LogP contribution in [0.25, 0.3) is 0 Å². The number of aliphatic hydroxyl groups excluding tert-OH is 1. The molecule has 20 heavy (non-hydrogen) atoms. The summed E-state index contributed by atoms with van der Waals surface area (Å²) >= 11 is 0. The highest BCUT2D eigenvalue weighted by atomic mass is 16.5. The standard InChI is InChI=1S/C13H24N4O3/c1-9(2)4-14-5-12-15-16-13(20-12)17-6-11(7-18)19-8-10(17)3/h9-11,14,18H,4-8H2,1-3H3. The zero-order chi connectivity index (χ0) is 14.5. The lowest BCUT2D eigenvalue weighted by atomic mass is 10.2. The van der Waals surface area contributed by atoms with Gasteiger partial charge < -0.3 is 24.5 Å². The molecule has 0 aromatic carbocycles. The number of nitrogens with zero attached hydrogens (tertiary/aromatic N) is 3. The summed E-state index contributed by atoms with van der Waals surface area (Å²) in [5.41, 5.74) is 0. The lowest BCUT2D eigenvalue weighted by Crippen LogP contribution is -2.49. The molecule has 1 fully saturated rings. The van der Waals surface area contributed by atoms with E-state index in [1.165, 1.54) is 0 Å². The van der Waals surface area contributed by atoms with Gasteiger partial charge in [-0.25, -0.2) is 0 Å². The highest BCUT2D eigenvalue weighted by Gasteiger charge is 2.29. The van der Waals surface area contributed by atoms with E-state index in [0.717, 1.165) is 6.54 Å². The first-order valence-electron chi connectivity index (χ1n) is 7.12. The Hall–Kier alpha value is -1.18. The summed E-state index contributed by atoms with van der Waals surface area (Å²) in [7, 11) is 0. The van der Waals surface area contributed by atoms with Crippen LogP contribution in [0, 0.1) is 5.92 Å². The topological polar surface area (TPSA) is 83.7 Å². The first kappa shape index (κ1) is 15.2. The van der Waals surface area contributed by atoms with Crippen molar-refractivity contribution in [3.8, 4) is 0 Å². The van der Waals surface area contributed by atoms with E-state index in [1.807, 2.05) is 11.8 Å². The summed E-state index contributed by atoms with van der Waals surface area (Å²) in [5, 5.41) is 20.6. The van der Waals surface area contributed by atoms with Crippen molar-refractivity contribution in [1.29, 1.82) is 0 Å². The Labute approximate surface area is 119 Å². The maximum absolute atomic E-state index is 9.19. The van der Waals surface area contributed by atoms with Gasteiger partial charge in [-0.3, -0.25) is 0 Å². The second kappa shape index (κ2) is 7.01. The molecule has 2 rings (SSSR count). The molecule has 1 saturated heterocycles. The molecular formula is C13H24N4O3. The van der Waals surface area contributed by atoms with Gasteiger partial charge in [0.1, 0.15) is 0 Å². The number of hydrogen-bond donors (Lipinski definition) is 2. The third kappa shape index (κ3) is 3.91. The van der Waals surface area contributed by atoms with Crippen molar-refractivity contribution in [2.75, 3.05) is 31.2 Å². The van der Waals surface area contributed by atoms with E-state index in [2.05, 4.69) is 29.4 Å². The van der Waals surface area contributed by atoms with Crippen molar-refractivity contribution in [2.45, 2.75) is 39.5 Å². The molecule has 1 aliphatic rings. The van der Waals surface area contributed by atoms with Crippen LogP contribution in [0.2, 0.25) is 0 Å². The Morgan fingerprint density at radius 2 is 2.25 bits per heavy atom. The van der Waals surface area contributed by atoms with Crippen LogP contribution in [0.15, 0.2) is 4.42 Å². The van der Waals surface area contributed by atoms with Crippen molar-refractivity contribution in [3.63, 3.8) is 0 Å². The number of ether oxygens (including phenoxy) is 1. The molecule has 2 heterocycles. The molecule has 0 saturated carbocycles. The highest BCUT2D eigenvalue weighted by molar-refractivity contribution is 5.27. The van der Waals surface area contributed by atoms with Crippen LogP contribution in [0.1, 0.15) is 26.7 Å². The van der Waals surface area contributed by atoms with E-state index in [-0.39, 0.29) is 18.8 Å². The van der Waals surface area contributed by atoms with Gasteiger partial charge in [0.15, 0.2) is 0 Å². The molecule has 0 radical (unpaired) electrons. The van der Waals surface area contributed by atoms with Gasteiger partial charge >= 0.3 is 6.01 Å². The fraction of sp³-hybridized carbons (Fsp3) is 0.846. The Morgan fingerprint density at radius 3 is 2.95 bits per heavy atom. The second-order valence-corrected chi connectivity index (χ2v) is 5.64. The van der Waals surface area contributed by atoms with Crippen LogP contribution in [-0.4, -0.2) is 53.8 Å². The SMILES string of the molecule is CC(C)CNCc1nnc(N2CC(CO)OCC2C)o1. The number of aromatic nitrogens is 2. The van der Waals surface area contributed by atoms with E-state index in [4.69, 9.17) is 9.15 Å². The molecule has 0 spiro atoms. The summed E-state index contributed by atoms with van der Waals surface area (Å²) in [6, 6.07) is 0.662. The summed E-state index contributed by atoms with van der Waals surface area (Å²) < 4.78 is 11.2. The zero-order valence-corrected chi connectivity index (χ0v) is 12.4. The summed E-state index contributed by atoms with van der Waals surface area (Å²) in [6.45, 7) is 8.95. The predicted octanol–water partition coefficient (Wildman–Crippen LogP) is 0.401. The summed E-state index contributed by atoms with van der Waals surface area (Å²) in [4.78, 5) is 1.99. The van der Waals surface area contributed by atoms with Crippen molar-refractivity contribution in [1.82, 2.24) is 15.5 Å². The van der Waals surface area contributed by atoms with Gasteiger partial charge in [-0.15, -0.1) is 5.10 Å². The Kier molecular flexibility index (Phi) is 5.33. The molecule has 2 N–H and O–H groups in total. The maximum atomic E-state index is 9.19. The van der Waals surface area contributed by atoms with Gasteiger partial charge in [-0.2, -0.15) is 0 Å². The Bertz CT molecular complexity index is 410. The number of hydrogen-bond acceptors (Lipinski definition) is 7. The van der Waals surface area contributed by atoms with E-state index < -0.39 is 0 Å². The van der Waals surface area contributed by atoms with Gasteiger partial charge in [0.2, 0.25) is 5.89 Å². The van der Waals surface area contributed by atoms with E-state index >= 15 is 0 Å². The minimum Gasteiger partial charge on any atom is -0.407 e. The first-order valence-corrected chi connectivity index (χ1v) is 7.12. The number of rotatable bonds is 6. The van der Waals surface area contributed by atoms with Crippen molar-refractivity contribution in [3.05, 3.63) is 5.89 Å². The Balaban J connectivity index is 1.93. The number of nitrogens with one attached hydrogen (secondary N) is 1. The third-order valence-corrected chi connectivity index (χ3v) is 3.24. The summed E-state index contributed by atoms with van der Waals surface area (Å²) in [6.07, 6.45) is -0.194. The number of aliphatic hydroxyl groups is 1. The molecule has 0 amide bonds. The smallest absolute Gasteiger partial charge is 0.318 e. The van der Waals surface area contributed by atoms with E-state index in [1.54, 1.807) is 0 Å². The zero-order valence-electron chi connectivity index (χ0n) is 12.4. The van der Waals surface area contributed by atoms with Crippen molar-refractivity contribution >= 4 is 6.01 Å². The molecule has 7 nitrogen and oxygen atoms in total. The van der Waals surface area contributed by atoms with Gasteiger partial charge in [-0.1, -0.05) is 18.9 Å². The molecule has 1 aromatic rings. The van der Waals surface area contributed by atoms with Crippen LogP contribution >= 0.6 is 0 Å². The van der Waals surface area contributed by atoms with E-state index in [9.17, 15) is 5.11 Å². The normalized spacial score (nSPS) is 23.6. The van der Waals surface area contributed by atoms with Crippen molar-refractivity contribution in [2.24, 2.45) is 5.92 Å². The number of morpholine rings is 1. The average Bonchev–Trinajstić information content (AvgIpc) is 2.87. The lowest BCUT2D eigenvalue weighted by molar-refractivity contribution is -0.0118. The van der Waals surface area contributed by atoms with E-state index in [0.29, 0.717) is 37.5 Å². The minimum atomic E-state index is -0.194. The third-order valence-electron chi connectivity index (χ3n) is 3.24. The molecule has 1 aliphatic heterocycles. The molecule has 2 unspecified atom stereocenters. The van der Waals surface area contributed by atoms with Crippen LogP contribution in [0.5, 0.6) is 0 Å². The first-order chi connectivity index (χ1) is 9.60. The average molecular weight is 284 g/mol. The van der Waals surface area contributed by atoms with Crippen LogP contribution in [-0.2, 0) is 11.3 Å². The van der Waals surface area contributed by atoms with Gasteiger partial charge in [-0.05, 0) is 19.4 Å². The fourth-order valence-corrected chi connectivity index (χ4v) is 2.09. The largest absolute Gasteiger partial charge is 0.407 e. The molecule has 1 aromatic heterocycles. The molecule has 0 aliphatic carbocycles. The van der Waals surface area contributed by atoms with Crippen LogP contribution in [0.3, 0.4) is 0 Å². The lowest BCUT2D eigenvalue weighted by Gasteiger charge is -2.35. The van der Waals surface area contributed by atoms with Crippen LogP contribution in [0.4, 0.5) is 6.01 Å². The molecule has 0 bridgehead atoms. The van der Waals surface area contributed by atoms with Gasteiger partial charge in [0.25, 0.3) is 0 Å². The fourth-order valence-electron chi connectivity index (χ4n) is 2.09. The molecule has 114 valence electrons. The Morgan fingerprint density at radius 1 is 1.45 bits per heavy atom. The molecule has 7 heteroatoms. The molecule has 2 atom stereocenters. The second-order valence-electron chi connectivity index (χ2n) is 5.64. The maximum Gasteiger partial charge on any atom is 0.318 e. The van der Waals surface area contributed by atoms with Gasteiger partial charge in [0.05, 0.1) is 38.4 Å². The number of anilines is 1. The quantitative estimate of drug-likeness (QED) is 0.782. The van der Waals surface area contributed by atoms with Gasteiger partial charge in [0, 0.05) is 0 Å². The monoisotopic (exact) mass is 284 g/mol.